The van der Waals surface area contributed by atoms with Crippen LogP contribution >= 0.6 is 24.0 Å². The van der Waals surface area contributed by atoms with Crippen LogP contribution < -0.4 is 5.32 Å². The first-order valence-corrected chi connectivity index (χ1v) is 10.2. The predicted octanol–water partition coefficient (Wildman–Crippen LogP) is 4.08. The van der Waals surface area contributed by atoms with Crippen molar-refractivity contribution in [3.8, 4) is 0 Å². The average molecular weight is 511 g/mol. The number of hydrogen-bond donors (Lipinski definition) is 1. The van der Waals surface area contributed by atoms with Gasteiger partial charge in [0.1, 0.15) is 0 Å². The molecule has 1 aromatic heterocycles. The van der Waals surface area contributed by atoms with Gasteiger partial charge in [-0.25, -0.2) is 4.98 Å². The molecule has 0 saturated carbocycles. The van der Waals surface area contributed by atoms with Crippen LogP contribution in [0.25, 0.3) is 0 Å². The first-order chi connectivity index (χ1) is 13.6. The van der Waals surface area contributed by atoms with E-state index in [1.54, 1.807) is 0 Å². The number of hydrogen-bond acceptors (Lipinski definition) is 3. The van der Waals surface area contributed by atoms with Gasteiger partial charge in [-0.05, 0) is 37.3 Å². The number of rotatable bonds is 6. The van der Waals surface area contributed by atoms with E-state index in [1.807, 2.05) is 19.6 Å². The molecule has 1 aliphatic heterocycles. The molecule has 0 aliphatic carbocycles. The van der Waals surface area contributed by atoms with Crippen molar-refractivity contribution in [3.63, 3.8) is 0 Å². The Hall–Kier alpha value is -1.61. The lowest BCUT2D eigenvalue weighted by molar-refractivity contribution is 0.0657. The van der Waals surface area contributed by atoms with E-state index in [9.17, 15) is 0 Å². The molecular weight excluding hydrogens is 477 g/mol. The average Bonchev–Trinajstić information content (AvgIpc) is 3.23. The van der Waals surface area contributed by atoms with Crippen LogP contribution in [0.15, 0.2) is 48.0 Å². The Morgan fingerprint density at radius 3 is 2.83 bits per heavy atom. The lowest BCUT2D eigenvalue weighted by Crippen LogP contribution is -2.48. The summed E-state index contributed by atoms with van der Waals surface area (Å²) < 4.78 is 7.95. The van der Waals surface area contributed by atoms with E-state index in [0.717, 1.165) is 32.0 Å². The summed E-state index contributed by atoms with van der Waals surface area (Å²) >= 11 is 0. The van der Waals surface area contributed by atoms with Crippen molar-refractivity contribution in [2.75, 3.05) is 20.1 Å². The summed E-state index contributed by atoms with van der Waals surface area (Å²) in [7, 11) is 1.86. The van der Waals surface area contributed by atoms with Crippen LogP contribution in [0, 0.1) is 5.92 Å². The maximum absolute atomic E-state index is 5.72. The second-order valence-electron chi connectivity index (χ2n) is 7.87. The van der Waals surface area contributed by atoms with Gasteiger partial charge in [0.15, 0.2) is 5.96 Å². The highest BCUT2D eigenvalue weighted by Crippen LogP contribution is 2.27. The van der Waals surface area contributed by atoms with E-state index >= 15 is 0 Å². The Kier molecular flexibility index (Phi) is 9.42. The van der Waals surface area contributed by atoms with Crippen molar-refractivity contribution in [2.24, 2.45) is 10.9 Å². The molecule has 29 heavy (non-hydrogen) atoms. The highest BCUT2D eigenvalue weighted by molar-refractivity contribution is 14.0. The highest BCUT2D eigenvalue weighted by Gasteiger charge is 2.28. The number of nitrogens with one attached hydrogen (secondary N) is 1. The molecule has 2 heterocycles. The van der Waals surface area contributed by atoms with Crippen molar-refractivity contribution in [1.82, 2.24) is 19.8 Å². The zero-order valence-electron chi connectivity index (χ0n) is 17.9. The third-order valence-corrected chi connectivity index (χ3v) is 5.36. The van der Waals surface area contributed by atoms with Crippen molar-refractivity contribution in [2.45, 2.75) is 52.5 Å². The van der Waals surface area contributed by atoms with Gasteiger partial charge in [0.25, 0.3) is 0 Å². The van der Waals surface area contributed by atoms with Crippen molar-refractivity contribution < 1.29 is 4.74 Å². The number of aliphatic imine (C=N–C) groups is 1. The number of imidazole rings is 1. The summed E-state index contributed by atoms with van der Waals surface area (Å²) in [6, 6.07) is 8.98. The molecular formula is C22H34IN5O. The SMILES string of the molecule is CN=C(NCc1cccc(COC(C)C)c1)N1CCC(C)C(n2ccnc2)C1.I. The maximum Gasteiger partial charge on any atom is 0.193 e. The lowest BCUT2D eigenvalue weighted by Gasteiger charge is -2.39. The summed E-state index contributed by atoms with van der Waals surface area (Å²) in [6.45, 7) is 9.81. The number of aromatic nitrogens is 2. The topological polar surface area (TPSA) is 54.7 Å². The summed E-state index contributed by atoms with van der Waals surface area (Å²) in [5.41, 5.74) is 2.44. The van der Waals surface area contributed by atoms with Gasteiger partial charge in [-0.3, -0.25) is 4.99 Å². The minimum Gasteiger partial charge on any atom is -0.374 e. The lowest BCUT2D eigenvalue weighted by atomic mass is 9.93. The fourth-order valence-electron chi connectivity index (χ4n) is 3.70. The Labute approximate surface area is 191 Å². The van der Waals surface area contributed by atoms with Crippen LogP contribution in [0.4, 0.5) is 0 Å². The molecule has 1 N–H and O–H groups in total. The predicted molar refractivity (Wildman–Crippen MR) is 129 cm³/mol. The van der Waals surface area contributed by atoms with Crippen molar-refractivity contribution in [3.05, 3.63) is 54.1 Å². The zero-order valence-corrected chi connectivity index (χ0v) is 20.2. The number of benzene rings is 1. The van der Waals surface area contributed by atoms with Gasteiger partial charge in [0.05, 0.1) is 25.1 Å². The zero-order chi connectivity index (χ0) is 19.9. The molecule has 160 valence electrons. The smallest absolute Gasteiger partial charge is 0.193 e. The van der Waals surface area contributed by atoms with Crippen LogP contribution in [0.2, 0.25) is 0 Å². The quantitative estimate of drug-likeness (QED) is 0.361. The molecule has 1 saturated heterocycles. The van der Waals surface area contributed by atoms with E-state index in [1.165, 1.54) is 11.1 Å². The second-order valence-corrected chi connectivity index (χ2v) is 7.87. The summed E-state index contributed by atoms with van der Waals surface area (Å²) in [5, 5.41) is 3.54. The Morgan fingerprint density at radius 1 is 1.34 bits per heavy atom. The molecule has 2 aromatic rings. The summed E-state index contributed by atoms with van der Waals surface area (Å²) in [6.07, 6.45) is 7.22. The Balaban J connectivity index is 0.00000300. The Bertz CT molecular complexity index is 762. The van der Waals surface area contributed by atoms with Crippen LogP contribution in [0.5, 0.6) is 0 Å². The van der Waals surface area contributed by atoms with Gasteiger partial charge < -0.3 is 19.5 Å². The second kappa shape index (κ2) is 11.5. The molecule has 2 atom stereocenters. The molecule has 2 unspecified atom stereocenters. The van der Waals surface area contributed by atoms with E-state index in [4.69, 9.17) is 4.74 Å². The van der Waals surface area contributed by atoms with Crippen LogP contribution in [0.3, 0.4) is 0 Å². The fourth-order valence-corrected chi connectivity index (χ4v) is 3.70. The maximum atomic E-state index is 5.72. The number of ether oxygens (including phenoxy) is 1. The molecule has 1 aromatic carbocycles. The highest BCUT2D eigenvalue weighted by atomic mass is 127. The largest absolute Gasteiger partial charge is 0.374 e. The molecule has 0 radical (unpaired) electrons. The van der Waals surface area contributed by atoms with Gasteiger partial charge in [0, 0.05) is 39.1 Å². The van der Waals surface area contributed by atoms with Crippen molar-refractivity contribution in [1.29, 1.82) is 0 Å². The minimum atomic E-state index is 0. The molecule has 0 spiro atoms. The van der Waals surface area contributed by atoms with Crippen LogP contribution in [0.1, 0.15) is 44.4 Å². The van der Waals surface area contributed by atoms with Gasteiger partial charge in [0.2, 0.25) is 0 Å². The van der Waals surface area contributed by atoms with E-state index in [2.05, 4.69) is 76.0 Å². The molecule has 0 bridgehead atoms. The molecule has 3 rings (SSSR count). The van der Waals surface area contributed by atoms with Gasteiger partial charge in [-0.1, -0.05) is 31.2 Å². The number of likely N-dealkylation sites (tertiary alicyclic amines) is 1. The van der Waals surface area contributed by atoms with E-state index in [0.29, 0.717) is 18.6 Å². The number of guanidine groups is 1. The third kappa shape index (κ3) is 6.70. The molecule has 6 nitrogen and oxygen atoms in total. The number of nitrogens with zero attached hydrogens (tertiary/aromatic N) is 4. The standard InChI is InChI=1S/C22H33N5O.HI/c1-17(2)28-15-20-7-5-6-19(12-20)13-25-22(23-4)26-10-8-18(3)21(14-26)27-11-9-24-16-27;/h5-7,9,11-12,16-18,21H,8,10,13-15H2,1-4H3,(H,23,25);1H. The van der Waals surface area contributed by atoms with Crippen LogP contribution in [-0.4, -0.2) is 46.7 Å². The monoisotopic (exact) mass is 511 g/mol. The molecule has 7 heteroatoms. The number of halogens is 1. The number of piperidine rings is 1. The van der Waals surface area contributed by atoms with E-state index < -0.39 is 0 Å². The van der Waals surface area contributed by atoms with Crippen molar-refractivity contribution >= 4 is 29.9 Å². The van der Waals surface area contributed by atoms with Gasteiger partial charge in [-0.15, -0.1) is 24.0 Å². The fraction of sp³-hybridized carbons (Fsp3) is 0.545. The third-order valence-electron chi connectivity index (χ3n) is 5.36. The normalized spacial score (nSPS) is 19.9. The minimum absolute atomic E-state index is 0. The summed E-state index contributed by atoms with van der Waals surface area (Å²) in [5.74, 6) is 1.59. The Morgan fingerprint density at radius 2 is 2.14 bits per heavy atom. The summed E-state index contributed by atoms with van der Waals surface area (Å²) in [4.78, 5) is 11.1. The first kappa shape index (κ1) is 23.7. The van der Waals surface area contributed by atoms with E-state index in [-0.39, 0.29) is 30.1 Å². The van der Waals surface area contributed by atoms with Gasteiger partial charge >= 0.3 is 0 Å². The first-order valence-electron chi connectivity index (χ1n) is 10.2. The molecule has 0 amide bonds. The van der Waals surface area contributed by atoms with Crippen LogP contribution in [-0.2, 0) is 17.9 Å². The molecule has 1 fully saturated rings. The van der Waals surface area contributed by atoms with Gasteiger partial charge in [-0.2, -0.15) is 0 Å². The molecule has 1 aliphatic rings.